The molecule has 19 heavy (non-hydrogen) atoms. The van der Waals surface area contributed by atoms with Crippen LogP contribution < -0.4 is 16.2 Å². The van der Waals surface area contributed by atoms with E-state index in [0.717, 1.165) is 31.9 Å². The minimum atomic E-state index is -0.411. The molecule has 1 heterocycles. The molecule has 1 aromatic rings. The van der Waals surface area contributed by atoms with E-state index in [1.807, 2.05) is 11.9 Å². The topological polar surface area (TPSA) is 67.1 Å². The zero-order valence-electron chi connectivity index (χ0n) is 11.8. The average molecular weight is 267 g/mol. The van der Waals surface area contributed by atoms with E-state index in [9.17, 15) is 4.39 Å². The Hall–Kier alpha value is -1.43. The molecule has 0 atom stereocenters. The predicted molar refractivity (Wildman–Crippen MR) is 74.2 cm³/mol. The van der Waals surface area contributed by atoms with E-state index in [2.05, 4.69) is 29.2 Å². The number of hydrazine groups is 1. The molecule has 0 spiro atoms. The largest absolute Gasteiger partial charge is 0.354 e. The predicted octanol–water partition coefficient (Wildman–Crippen LogP) is 2.31. The van der Waals surface area contributed by atoms with Gasteiger partial charge in [0.25, 0.3) is 0 Å². The van der Waals surface area contributed by atoms with Crippen LogP contribution in [-0.4, -0.2) is 23.1 Å². The first-order chi connectivity index (χ1) is 8.93. The molecule has 0 bridgehead atoms. The van der Waals surface area contributed by atoms with Crippen LogP contribution in [0.25, 0.3) is 0 Å². The highest BCUT2D eigenvalue weighted by molar-refractivity contribution is 5.43. The van der Waals surface area contributed by atoms with Crippen molar-refractivity contribution in [3.63, 3.8) is 0 Å². The highest BCUT2D eigenvalue weighted by atomic mass is 19.1. The van der Waals surface area contributed by atoms with Crippen LogP contribution in [0.3, 0.4) is 0 Å². The van der Waals surface area contributed by atoms with E-state index < -0.39 is 5.82 Å². The van der Waals surface area contributed by atoms with E-state index in [1.165, 1.54) is 0 Å². The van der Waals surface area contributed by atoms with Gasteiger partial charge in [0, 0.05) is 13.1 Å². The van der Waals surface area contributed by atoms with Crippen LogP contribution in [0.2, 0.25) is 0 Å². The summed E-state index contributed by atoms with van der Waals surface area (Å²) in [6.07, 6.45) is 5.56. The summed E-state index contributed by atoms with van der Waals surface area (Å²) in [7, 11) is 1.88. The molecule has 0 aliphatic heterocycles. The Morgan fingerprint density at radius 1 is 1.42 bits per heavy atom. The Morgan fingerprint density at radius 2 is 2.05 bits per heavy atom. The van der Waals surface area contributed by atoms with E-state index in [0.29, 0.717) is 17.3 Å². The monoisotopic (exact) mass is 267 g/mol. The van der Waals surface area contributed by atoms with Crippen LogP contribution in [0.1, 0.15) is 39.5 Å². The second-order valence-electron chi connectivity index (χ2n) is 6.02. The van der Waals surface area contributed by atoms with E-state index >= 15 is 0 Å². The van der Waals surface area contributed by atoms with Gasteiger partial charge in [-0.15, -0.1) is 0 Å². The number of nitrogens with zero attached hydrogens (tertiary/aromatic N) is 3. The fourth-order valence-electron chi connectivity index (χ4n) is 2.62. The summed E-state index contributed by atoms with van der Waals surface area (Å²) >= 11 is 0. The quantitative estimate of drug-likeness (QED) is 0.650. The molecule has 0 radical (unpaired) electrons. The molecule has 1 aromatic heterocycles. The number of hydrogen-bond donors (Lipinski definition) is 2. The fraction of sp³-hybridized carbons (Fsp3) is 0.692. The number of rotatable bonds is 3. The molecule has 0 saturated heterocycles. The number of halogens is 1. The van der Waals surface area contributed by atoms with Gasteiger partial charge in [0.15, 0.2) is 11.6 Å². The fourth-order valence-corrected chi connectivity index (χ4v) is 2.62. The zero-order chi connectivity index (χ0) is 14.0. The van der Waals surface area contributed by atoms with Crippen molar-refractivity contribution < 1.29 is 4.39 Å². The molecule has 0 amide bonds. The van der Waals surface area contributed by atoms with Gasteiger partial charge in [-0.25, -0.2) is 15.2 Å². The number of anilines is 2. The lowest BCUT2D eigenvalue weighted by molar-refractivity contribution is 0.222. The maximum Gasteiger partial charge on any atom is 0.239 e. The molecule has 1 aliphatic carbocycles. The van der Waals surface area contributed by atoms with Crippen molar-refractivity contribution in [3.05, 3.63) is 12.0 Å². The molecule has 0 unspecified atom stereocenters. The number of aromatic nitrogens is 2. The average Bonchev–Trinajstić information content (AvgIpc) is 2.38. The van der Waals surface area contributed by atoms with Crippen LogP contribution in [0.15, 0.2) is 6.20 Å². The van der Waals surface area contributed by atoms with Crippen molar-refractivity contribution in [1.82, 2.24) is 9.97 Å². The molecule has 0 aromatic carbocycles. The molecule has 1 fully saturated rings. The SMILES string of the molecule is CN(c1nc(NN)ncc1F)C1CCC(C)(C)CC1. The molecule has 106 valence electrons. The van der Waals surface area contributed by atoms with E-state index in [4.69, 9.17) is 5.84 Å². The Kier molecular flexibility index (Phi) is 3.89. The zero-order valence-corrected chi connectivity index (χ0v) is 11.8. The van der Waals surface area contributed by atoms with Crippen molar-refractivity contribution in [3.8, 4) is 0 Å². The summed E-state index contributed by atoms with van der Waals surface area (Å²) in [6, 6.07) is 0.322. The van der Waals surface area contributed by atoms with Crippen molar-refractivity contribution >= 4 is 11.8 Å². The van der Waals surface area contributed by atoms with E-state index in [1.54, 1.807) is 0 Å². The molecule has 6 heteroatoms. The molecule has 5 nitrogen and oxygen atoms in total. The van der Waals surface area contributed by atoms with Crippen LogP contribution in [0.5, 0.6) is 0 Å². The van der Waals surface area contributed by atoms with Crippen molar-refractivity contribution in [2.75, 3.05) is 17.4 Å². The number of nitrogens with two attached hydrogens (primary N) is 1. The third-order valence-electron chi connectivity index (χ3n) is 4.05. The maximum atomic E-state index is 13.8. The van der Waals surface area contributed by atoms with E-state index in [-0.39, 0.29) is 5.95 Å². The molecule has 2 rings (SSSR count). The second-order valence-corrected chi connectivity index (χ2v) is 6.02. The van der Waals surface area contributed by atoms with Gasteiger partial charge < -0.3 is 4.90 Å². The van der Waals surface area contributed by atoms with Gasteiger partial charge in [-0.3, -0.25) is 5.43 Å². The van der Waals surface area contributed by atoms with Crippen LogP contribution in [0, 0.1) is 11.2 Å². The van der Waals surface area contributed by atoms with Gasteiger partial charge in [0.05, 0.1) is 6.20 Å². The van der Waals surface area contributed by atoms with Crippen molar-refractivity contribution in [1.29, 1.82) is 0 Å². The smallest absolute Gasteiger partial charge is 0.239 e. The highest BCUT2D eigenvalue weighted by Gasteiger charge is 2.30. The molecule has 1 aliphatic rings. The van der Waals surface area contributed by atoms with Crippen LogP contribution in [0.4, 0.5) is 16.2 Å². The van der Waals surface area contributed by atoms with Crippen molar-refractivity contribution in [2.24, 2.45) is 11.3 Å². The first-order valence-electron chi connectivity index (χ1n) is 6.65. The third-order valence-corrected chi connectivity index (χ3v) is 4.05. The lowest BCUT2D eigenvalue weighted by Crippen LogP contribution is -2.38. The summed E-state index contributed by atoms with van der Waals surface area (Å²) in [5, 5.41) is 0. The molecule has 1 saturated carbocycles. The second kappa shape index (κ2) is 5.28. The first-order valence-corrected chi connectivity index (χ1v) is 6.65. The van der Waals surface area contributed by atoms with Crippen LogP contribution >= 0.6 is 0 Å². The Balaban J connectivity index is 2.13. The normalized spacial score (nSPS) is 19.2. The van der Waals surface area contributed by atoms with Gasteiger partial charge in [0.2, 0.25) is 5.95 Å². The number of nitrogen functional groups attached to an aromatic ring is 1. The van der Waals surface area contributed by atoms with Crippen molar-refractivity contribution in [2.45, 2.75) is 45.6 Å². The number of hydrogen-bond acceptors (Lipinski definition) is 5. The first kappa shape index (κ1) is 14.0. The summed E-state index contributed by atoms with van der Waals surface area (Å²) < 4.78 is 13.8. The lowest BCUT2D eigenvalue weighted by Gasteiger charge is -2.39. The highest BCUT2D eigenvalue weighted by Crippen LogP contribution is 2.37. The molecular weight excluding hydrogens is 245 g/mol. The summed E-state index contributed by atoms with van der Waals surface area (Å²) in [5.41, 5.74) is 2.74. The lowest BCUT2D eigenvalue weighted by atomic mass is 9.75. The Bertz CT molecular complexity index is 439. The Labute approximate surface area is 113 Å². The maximum absolute atomic E-state index is 13.8. The van der Waals surface area contributed by atoms with Gasteiger partial charge >= 0.3 is 0 Å². The molecule has 3 N–H and O–H groups in total. The van der Waals surface area contributed by atoms with Gasteiger partial charge in [0.1, 0.15) is 0 Å². The van der Waals surface area contributed by atoms with Gasteiger partial charge in [-0.05, 0) is 31.1 Å². The summed E-state index contributed by atoms with van der Waals surface area (Å²) in [4.78, 5) is 9.77. The Morgan fingerprint density at radius 3 is 2.63 bits per heavy atom. The van der Waals surface area contributed by atoms with Crippen LogP contribution in [-0.2, 0) is 0 Å². The summed E-state index contributed by atoms with van der Waals surface area (Å²) in [5.74, 6) is 5.40. The van der Waals surface area contributed by atoms with Gasteiger partial charge in [-0.1, -0.05) is 13.8 Å². The standard InChI is InChI=1S/C13H22FN5/c1-13(2)6-4-9(5-7-13)19(3)11-10(14)8-16-12(17-11)18-15/h8-9H,4-7,15H2,1-3H3,(H,16,17,18). The summed E-state index contributed by atoms with van der Waals surface area (Å²) in [6.45, 7) is 4.57. The minimum absolute atomic E-state index is 0.236. The number of nitrogens with one attached hydrogen (secondary N) is 1. The minimum Gasteiger partial charge on any atom is -0.354 e. The van der Waals surface area contributed by atoms with Gasteiger partial charge in [-0.2, -0.15) is 4.98 Å². The third kappa shape index (κ3) is 3.12. The molecular formula is C13H22FN5.